The van der Waals surface area contributed by atoms with Crippen molar-refractivity contribution in [3.63, 3.8) is 0 Å². The van der Waals surface area contributed by atoms with E-state index in [-0.39, 0.29) is 18.1 Å². The second kappa shape index (κ2) is 8.59. The molecule has 0 saturated carbocycles. The molecule has 0 aliphatic heterocycles. The molecule has 25 heavy (non-hydrogen) atoms. The molecule has 8 heteroatoms. The third kappa shape index (κ3) is 5.54. The molecule has 0 aliphatic rings. The van der Waals surface area contributed by atoms with Gasteiger partial charge in [-0.05, 0) is 46.7 Å². The lowest BCUT2D eigenvalue weighted by Crippen LogP contribution is -2.29. The number of non-ortho nitro benzene ring substituents is 1. The summed E-state index contributed by atoms with van der Waals surface area (Å²) in [5.74, 6) is 0.560. The number of hydrogen-bond acceptors (Lipinski definition) is 5. The van der Waals surface area contributed by atoms with Gasteiger partial charge >= 0.3 is 0 Å². The number of nitrogens with zero attached hydrogens (tertiary/aromatic N) is 2. The Morgan fingerprint density at radius 2 is 2.08 bits per heavy atom. The molecule has 0 aromatic heterocycles. The highest BCUT2D eigenvalue weighted by Gasteiger charge is 2.13. The van der Waals surface area contributed by atoms with Gasteiger partial charge in [0.05, 0.1) is 24.3 Å². The van der Waals surface area contributed by atoms with Gasteiger partial charge in [-0.25, -0.2) is 0 Å². The van der Waals surface area contributed by atoms with Gasteiger partial charge in [0, 0.05) is 23.2 Å². The van der Waals surface area contributed by atoms with E-state index >= 15 is 0 Å². The van der Waals surface area contributed by atoms with Gasteiger partial charge in [-0.2, -0.15) is 0 Å². The number of ether oxygens (including phenoxy) is 1. The second-order valence-corrected chi connectivity index (χ2v) is 6.35. The molecule has 0 radical (unpaired) electrons. The van der Waals surface area contributed by atoms with Gasteiger partial charge in [-0.3, -0.25) is 19.8 Å². The summed E-state index contributed by atoms with van der Waals surface area (Å²) in [6.07, 6.45) is 0. The number of methoxy groups -OCH3 is 1. The molecule has 0 atom stereocenters. The van der Waals surface area contributed by atoms with Gasteiger partial charge in [-0.15, -0.1) is 0 Å². The molecule has 2 aromatic rings. The predicted molar refractivity (Wildman–Crippen MR) is 98.8 cm³/mol. The van der Waals surface area contributed by atoms with E-state index in [1.807, 2.05) is 36.2 Å². The Bertz CT molecular complexity index is 782. The predicted octanol–water partition coefficient (Wildman–Crippen LogP) is 3.44. The third-order valence-corrected chi connectivity index (χ3v) is 4.09. The van der Waals surface area contributed by atoms with Gasteiger partial charge in [0.1, 0.15) is 5.75 Å². The Labute approximate surface area is 153 Å². The number of carbonyl (C=O) groups is 1. The largest absolute Gasteiger partial charge is 0.497 e. The Morgan fingerprint density at radius 3 is 2.72 bits per heavy atom. The van der Waals surface area contributed by atoms with Crippen molar-refractivity contribution in [3.8, 4) is 5.75 Å². The Kier molecular flexibility index (Phi) is 6.49. The fourth-order valence-electron chi connectivity index (χ4n) is 2.29. The standard InChI is InChI=1S/C17H18BrN3O4/c1-20(10-12-4-3-5-14(8-12)25-2)11-17(22)19-16-7-6-13(21(23)24)9-15(16)18/h3-9H,10-11H2,1-2H3,(H,19,22). The number of amides is 1. The van der Waals surface area contributed by atoms with Crippen LogP contribution in [-0.4, -0.2) is 36.4 Å². The first-order chi connectivity index (χ1) is 11.9. The van der Waals surface area contributed by atoms with Crippen LogP contribution in [0.1, 0.15) is 5.56 Å². The Morgan fingerprint density at radius 1 is 1.32 bits per heavy atom. The smallest absolute Gasteiger partial charge is 0.270 e. The summed E-state index contributed by atoms with van der Waals surface area (Å²) in [5.41, 5.74) is 1.48. The van der Waals surface area contributed by atoms with Crippen LogP contribution in [0.5, 0.6) is 5.75 Å². The van der Waals surface area contributed by atoms with Crippen LogP contribution in [0.25, 0.3) is 0 Å². The quantitative estimate of drug-likeness (QED) is 0.561. The van der Waals surface area contributed by atoms with Crippen molar-refractivity contribution in [2.24, 2.45) is 0 Å². The van der Waals surface area contributed by atoms with Gasteiger partial charge < -0.3 is 10.1 Å². The van der Waals surface area contributed by atoms with Gasteiger partial charge in [0.15, 0.2) is 0 Å². The molecule has 0 saturated heterocycles. The van der Waals surface area contributed by atoms with Gasteiger partial charge in [0.2, 0.25) is 5.91 Å². The maximum absolute atomic E-state index is 12.2. The molecule has 2 rings (SSSR count). The van der Waals surface area contributed by atoms with E-state index in [1.54, 1.807) is 7.11 Å². The summed E-state index contributed by atoms with van der Waals surface area (Å²) < 4.78 is 5.65. The Balaban J connectivity index is 1.94. The zero-order chi connectivity index (χ0) is 18.4. The van der Waals surface area contributed by atoms with Crippen molar-refractivity contribution in [1.29, 1.82) is 0 Å². The van der Waals surface area contributed by atoms with Crippen LogP contribution in [0.4, 0.5) is 11.4 Å². The maximum atomic E-state index is 12.2. The molecule has 0 unspecified atom stereocenters. The fraction of sp³-hybridized carbons (Fsp3) is 0.235. The van der Waals surface area contributed by atoms with E-state index in [2.05, 4.69) is 21.2 Å². The molecule has 0 fully saturated rings. The number of nitro groups is 1. The number of halogens is 1. The molecule has 0 heterocycles. The van der Waals surface area contributed by atoms with Crippen LogP contribution in [0.2, 0.25) is 0 Å². The highest BCUT2D eigenvalue weighted by molar-refractivity contribution is 9.10. The minimum Gasteiger partial charge on any atom is -0.497 e. The van der Waals surface area contributed by atoms with E-state index in [9.17, 15) is 14.9 Å². The van der Waals surface area contributed by atoms with Crippen LogP contribution < -0.4 is 10.1 Å². The third-order valence-electron chi connectivity index (χ3n) is 3.44. The summed E-state index contributed by atoms with van der Waals surface area (Å²) in [6, 6.07) is 11.8. The summed E-state index contributed by atoms with van der Waals surface area (Å²) in [7, 11) is 3.45. The summed E-state index contributed by atoms with van der Waals surface area (Å²) in [6.45, 7) is 0.771. The van der Waals surface area contributed by atoms with Crippen molar-refractivity contribution in [2.45, 2.75) is 6.54 Å². The molecule has 0 spiro atoms. The van der Waals surface area contributed by atoms with Gasteiger partial charge in [0.25, 0.3) is 5.69 Å². The zero-order valence-corrected chi connectivity index (χ0v) is 15.4. The lowest BCUT2D eigenvalue weighted by molar-refractivity contribution is -0.384. The van der Waals surface area contributed by atoms with E-state index in [1.165, 1.54) is 18.2 Å². The minimum atomic E-state index is -0.488. The lowest BCUT2D eigenvalue weighted by atomic mass is 10.2. The van der Waals surface area contributed by atoms with Crippen LogP contribution in [0.15, 0.2) is 46.9 Å². The monoisotopic (exact) mass is 407 g/mol. The molecule has 0 bridgehead atoms. The first-order valence-corrected chi connectivity index (χ1v) is 8.23. The van der Waals surface area contributed by atoms with Crippen molar-refractivity contribution in [1.82, 2.24) is 4.90 Å². The first kappa shape index (κ1) is 18.9. The fourth-order valence-corrected chi connectivity index (χ4v) is 2.76. The number of anilines is 1. The van der Waals surface area contributed by atoms with Gasteiger partial charge in [-0.1, -0.05) is 12.1 Å². The molecule has 1 N–H and O–H groups in total. The summed E-state index contributed by atoms with van der Waals surface area (Å²) >= 11 is 3.23. The summed E-state index contributed by atoms with van der Waals surface area (Å²) in [5, 5.41) is 13.5. The number of carbonyl (C=O) groups excluding carboxylic acids is 1. The van der Waals surface area contributed by atoms with E-state index in [0.717, 1.165) is 11.3 Å². The average molecular weight is 408 g/mol. The molecule has 0 aliphatic carbocycles. The molecule has 132 valence electrons. The van der Waals surface area contributed by atoms with E-state index < -0.39 is 4.92 Å². The Hall–Kier alpha value is -2.45. The van der Waals surface area contributed by atoms with Crippen molar-refractivity contribution >= 4 is 33.2 Å². The van der Waals surface area contributed by atoms with Crippen LogP contribution in [-0.2, 0) is 11.3 Å². The molecule has 2 aromatic carbocycles. The summed E-state index contributed by atoms with van der Waals surface area (Å²) in [4.78, 5) is 24.3. The number of hydrogen-bond donors (Lipinski definition) is 1. The zero-order valence-electron chi connectivity index (χ0n) is 13.9. The second-order valence-electron chi connectivity index (χ2n) is 5.49. The van der Waals surface area contributed by atoms with E-state index in [0.29, 0.717) is 16.7 Å². The van der Waals surface area contributed by atoms with Crippen molar-refractivity contribution < 1.29 is 14.5 Å². The lowest BCUT2D eigenvalue weighted by Gasteiger charge is -2.17. The minimum absolute atomic E-state index is 0.0417. The van der Waals surface area contributed by atoms with Crippen LogP contribution in [0, 0.1) is 10.1 Å². The highest BCUT2D eigenvalue weighted by Crippen LogP contribution is 2.27. The average Bonchev–Trinajstić information content (AvgIpc) is 2.56. The number of rotatable bonds is 7. The first-order valence-electron chi connectivity index (χ1n) is 7.44. The van der Waals surface area contributed by atoms with Crippen LogP contribution >= 0.6 is 15.9 Å². The SMILES string of the molecule is COc1cccc(CN(C)CC(=O)Nc2ccc([N+](=O)[O-])cc2Br)c1. The topological polar surface area (TPSA) is 84.7 Å². The highest BCUT2D eigenvalue weighted by atomic mass is 79.9. The number of nitro benzene ring substituents is 1. The number of benzene rings is 2. The molecule has 7 nitrogen and oxygen atoms in total. The normalized spacial score (nSPS) is 10.6. The van der Waals surface area contributed by atoms with Crippen molar-refractivity contribution in [2.75, 3.05) is 26.0 Å². The van der Waals surface area contributed by atoms with E-state index in [4.69, 9.17) is 4.74 Å². The molecule has 1 amide bonds. The van der Waals surface area contributed by atoms with Crippen molar-refractivity contribution in [3.05, 3.63) is 62.6 Å². The molecular formula is C17H18BrN3O4. The van der Waals surface area contributed by atoms with Crippen LogP contribution in [0.3, 0.4) is 0 Å². The molecular weight excluding hydrogens is 390 g/mol. The number of likely N-dealkylation sites (N-methyl/N-ethyl adjacent to an activating group) is 1. The maximum Gasteiger partial charge on any atom is 0.270 e. The number of nitrogens with one attached hydrogen (secondary N) is 1.